The van der Waals surface area contributed by atoms with Crippen LogP contribution in [-0.4, -0.2) is 69.0 Å². The van der Waals surface area contributed by atoms with E-state index < -0.39 is 0 Å². The molecule has 1 amide bonds. The van der Waals surface area contributed by atoms with Gasteiger partial charge in [-0.15, -0.1) is 0 Å². The molecule has 0 radical (unpaired) electrons. The highest BCUT2D eigenvalue weighted by Crippen LogP contribution is 2.11. The van der Waals surface area contributed by atoms with Gasteiger partial charge < -0.3 is 20.5 Å². The number of hydrogen-bond donors (Lipinski definition) is 2. The summed E-state index contributed by atoms with van der Waals surface area (Å²) in [6.07, 6.45) is 5.37. The molecule has 122 valence electrons. The first-order valence-electron chi connectivity index (χ1n) is 8.18. The molecular formula is C15H29N3O3. The molecule has 3 N–H and O–H groups in total. The Morgan fingerprint density at radius 3 is 2.86 bits per heavy atom. The lowest BCUT2D eigenvalue weighted by atomic mass is 10.1. The number of nitrogens with zero attached hydrogens (tertiary/aromatic N) is 1. The molecule has 2 saturated heterocycles. The summed E-state index contributed by atoms with van der Waals surface area (Å²) in [4.78, 5) is 14.0. The first-order chi connectivity index (χ1) is 10.2. The van der Waals surface area contributed by atoms with Crippen molar-refractivity contribution in [3.63, 3.8) is 0 Å². The van der Waals surface area contributed by atoms with Crippen LogP contribution in [0.3, 0.4) is 0 Å². The number of hydrogen-bond acceptors (Lipinski definition) is 5. The number of likely N-dealkylation sites (tertiary alicyclic amines) is 1. The van der Waals surface area contributed by atoms with Crippen molar-refractivity contribution in [3.05, 3.63) is 0 Å². The molecule has 6 nitrogen and oxygen atoms in total. The SMILES string of the molecule is NC1CCN(CC(=O)NCCCOCC2CCCO2)CC1. The monoisotopic (exact) mass is 299 g/mol. The third kappa shape index (κ3) is 6.74. The summed E-state index contributed by atoms with van der Waals surface area (Å²) in [6.45, 7) is 5.26. The number of amides is 1. The van der Waals surface area contributed by atoms with Crippen LogP contribution in [0.25, 0.3) is 0 Å². The quantitative estimate of drug-likeness (QED) is 0.622. The van der Waals surface area contributed by atoms with Crippen molar-refractivity contribution in [1.82, 2.24) is 10.2 Å². The van der Waals surface area contributed by atoms with Gasteiger partial charge in [-0.3, -0.25) is 9.69 Å². The van der Waals surface area contributed by atoms with Crippen LogP contribution in [0.15, 0.2) is 0 Å². The second-order valence-corrected chi connectivity index (χ2v) is 6.03. The molecule has 2 fully saturated rings. The van der Waals surface area contributed by atoms with Crippen LogP contribution >= 0.6 is 0 Å². The predicted octanol–water partition coefficient (Wildman–Crippen LogP) is 0.111. The van der Waals surface area contributed by atoms with E-state index in [1.165, 1.54) is 0 Å². The Morgan fingerprint density at radius 2 is 2.14 bits per heavy atom. The van der Waals surface area contributed by atoms with Gasteiger partial charge in [0.05, 0.1) is 19.3 Å². The fourth-order valence-corrected chi connectivity index (χ4v) is 2.76. The smallest absolute Gasteiger partial charge is 0.234 e. The van der Waals surface area contributed by atoms with Crippen LogP contribution < -0.4 is 11.1 Å². The van der Waals surface area contributed by atoms with Crippen molar-refractivity contribution in [2.24, 2.45) is 5.73 Å². The van der Waals surface area contributed by atoms with Gasteiger partial charge in [-0.25, -0.2) is 0 Å². The van der Waals surface area contributed by atoms with Crippen molar-refractivity contribution in [3.8, 4) is 0 Å². The number of piperidine rings is 1. The second kappa shape index (κ2) is 9.35. The van der Waals surface area contributed by atoms with E-state index in [1.807, 2.05) is 0 Å². The van der Waals surface area contributed by atoms with E-state index in [9.17, 15) is 4.79 Å². The number of carbonyl (C=O) groups is 1. The van der Waals surface area contributed by atoms with E-state index in [2.05, 4.69) is 10.2 Å². The fraction of sp³-hybridized carbons (Fsp3) is 0.933. The minimum absolute atomic E-state index is 0.101. The number of nitrogens with two attached hydrogens (primary N) is 1. The Labute approximate surface area is 127 Å². The first-order valence-corrected chi connectivity index (χ1v) is 8.18. The van der Waals surface area contributed by atoms with E-state index in [0.717, 1.165) is 51.8 Å². The van der Waals surface area contributed by atoms with E-state index >= 15 is 0 Å². The van der Waals surface area contributed by atoms with Crippen molar-refractivity contribution in [2.45, 2.75) is 44.2 Å². The molecule has 2 aliphatic heterocycles. The van der Waals surface area contributed by atoms with Gasteiger partial charge in [0.15, 0.2) is 0 Å². The van der Waals surface area contributed by atoms with Gasteiger partial charge >= 0.3 is 0 Å². The summed E-state index contributed by atoms with van der Waals surface area (Å²) in [5.41, 5.74) is 5.85. The Bertz CT molecular complexity index is 301. The first kappa shape index (κ1) is 16.7. The maximum absolute atomic E-state index is 11.8. The third-order valence-corrected chi connectivity index (χ3v) is 4.11. The number of nitrogens with one attached hydrogen (secondary N) is 1. The van der Waals surface area contributed by atoms with Crippen LogP contribution in [0.4, 0.5) is 0 Å². The molecule has 0 spiro atoms. The molecule has 1 atom stereocenters. The van der Waals surface area contributed by atoms with E-state index in [-0.39, 0.29) is 12.0 Å². The number of carbonyl (C=O) groups excluding carboxylic acids is 1. The second-order valence-electron chi connectivity index (χ2n) is 6.03. The highest BCUT2D eigenvalue weighted by Gasteiger charge is 2.18. The Hall–Kier alpha value is -0.690. The van der Waals surface area contributed by atoms with E-state index in [1.54, 1.807) is 0 Å². The van der Waals surface area contributed by atoms with Crippen molar-refractivity contribution >= 4 is 5.91 Å². The molecule has 2 aliphatic rings. The molecule has 21 heavy (non-hydrogen) atoms. The largest absolute Gasteiger partial charge is 0.379 e. The van der Waals surface area contributed by atoms with Gasteiger partial charge in [0, 0.05) is 38.9 Å². The minimum Gasteiger partial charge on any atom is -0.379 e. The lowest BCUT2D eigenvalue weighted by molar-refractivity contribution is -0.122. The zero-order chi connectivity index (χ0) is 14.9. The number of ether oxygens (including phenoxy) is 2. The molecule has 0 aromatic rings. The summed E-state index contributed by atoms with van der Waals surface area (Å²) in [5, 5.41) is 2.95. The summed E-state index contributed by atoms with van der Waals surface area (Å²) in [5.74, 6) is 0.101. The molecule has 0 bridgehead atoms. The van der Waals surface area contributed by atoms with Crippen molar-refractivity contribution in [2.75, 3.05) is 46.0 Å². The highest BCUT2D eigenvalue weighted by molar-refractivity contribution is 5.77. The average molecular weight is 299 g/mol. The van der Waals surface area contributed by atoms with Crippen LogP contribution in [-0.2, 0) is 14.3 Å². The minimum atomic E-state index is 0.101. The van der Waals surface area contributed by atoms with Gasteiger partial charge in [-0.2, -0.15) is 0 Å². The molecule has 1 unspecified atom stereocenters. The van der Waals surface area contributed by atoms with Gasteiger partial charge in [0.1, 0.15) is 0 Å². The summed E-state index contributed by atoms with van der Waals surface area (Å²) < 4.78 is 11.0. The molecule has 2 rings (SSSR count). The van der Waals surface area contributed by atoms with Gasteiger partial charge in [0.25, 0.3) is 0 Å². The average Bonchev–Trinajstić information content (AvgIpc) is 2.98. The standard InChI is InChI=1S/C15H29N3O3/c16-13-4-7-18(8-5-13)11-15(19)17-6-2-9-20-12-14-3-1-10-21-14/h13-14H,1-12,16H2,(H,17,19). The van der Waals surface area contributed by atoms with Crippen LogP contribution in [0.1, 0.15) is 32.1 Å². The maximum Gasteiger partial charge on any atom is 0.234 e. The van der Waals surface area contributed by atoms with Crippen LogP contribution in [0.2, 0.25) is 0 Å². The Morgan fingerprint density at radius 1 is 1.33 bits per heavy atom. The van der Waals surface area contributed by atoms with Crippen LogP contribution in [0.5, 0.6) is 0 Å². The fourth-order valence-electron chi connectivity index (χ4n) is 2.76. The molecular weight excluding hydrogens is 270 g/mol. The molecule has 0 aliphatic carbocycles. The third-order valence-electron chi connectivity index (χ3n) is 4.11. The maximum atomic E-state index is 11.8. The Balaban J connectivity index is 1.42. The zero-order valence-electron chi connectivity index (χ0n) is 12.9. The number of rotatable bonds is 8. The molecule has 0 aromatic carbocycles. The van der Waals surface area contributed by atoms with Crippen molar-refractivity contribution in [1.29, 1.82) is 0 Å². The summed E-state index contributed by atoms with van der Waals surface area (Å²) >= 11 is 0. The molecule has 0 saturated carbocycles. The van der Waals surface area contributed by atoms with E-state index in [0.29, 0.717) is 32.3 Å². The molecule has 2 heterocycles. The van der Waals surface area contributed by atoms with Gasteiger partial charge in [0.2, 0.25) is 5.91 Å². The lowest BCUT2D eigenvalue weighted by Gasteiger charge is -2.29. The van der Waals surface area contributed by atoms with E-state index in [4.69, 9.17) is 15.2 Å². The highest BCUT2D eigenvalue weighted by atomic mass is 16.5. The summed E-state index contributed by atoms with van der Waals surface area (Å²) in [6, 6.07) is 0.310. The lowest BCUT2D eigenvalue weighted by Crippen LogP contribution is -2.44. The molecule has 6 heteroatoms. The Kier molecular flexibility index (Phi) is 7.43. The van der Waals surface area contributed by atoms with Crippen LogP contribution in [0, 0.1) is 0 Å². The predicted molar refractivity (Wildman–Crippen MR) is 81.1 cm³/mol. The van der Waals surface area contributed by atoms with Gasteiger partial charge in [-0.1, -0.05) is 0 Å². The zero-order valence-corrected chi connectivity index (χ0v) is 12.9. The topological polar surface area (TPSA) is 76.8 Å². The van der Waals surface area contributed by atoms with Gasteiger partial charge in [-0.05, 0) is 32.1 Å². The normalized spacial score (nSPS) is 24.3. The van der Waals surface area contributed by atoms with Crippen molar-refractivity contribution < 1.29 is 14.3 Å². The molecule has 0 aromatic heterocycles. The summed E-state index contributed by atoms with van der Waals surface area (Å²) in [7, 11) is 0.